The zero-order valence-corrected chi connectivity index (χ0v) is 6.83. The molecule has 0 radical (unpaired) electrons. The summed E-state index contributed by atoms with van der Waals surface area (Å²) in [5.41, 5.74) is 0. The zero-order chi connectivity index (χ0) is 7.56. The summed E-state index contributed by atoms with van der Waals surface area (Å²) in [7, 11) is 4.07. The number of ether oxygens (including phenoxy) is 2. The second kappa shape index (κ2) is 3.32. The Bertz CT molecular complexity index is 106. The SMILES string of the molecule is C[C@@H]1OC[C@@H](CN(C)C)O1. The van der Waals surface area contributed by atoms with E-state index in [1.54, 1.807) is 0 Å². The molecule has 0 bridgehead atoms. The van der Waals surface area contributed by atoms with Crippen LogP contribution in [0.4, 0.5) is 0 Å². The van der Waals surface area contributed by atoms with Gasteiger partial charge in [0.25, 0.3) is 0 Å². The van der Waals surface area contributed by atoms with Crippen molar-refractivity contribution in [3.63, 3.8) is 0 Å². The fraction of sp³-hybridized carbons (Fsp3) is 1.00. The lowest BCUT2D eigenvalue weighted by Gasteiger charge is -2.13. The fourth-order valence-corrected chi connectivity index (χ4v) is 1.10. The molecule has 3 nitrogen and oxygen atoms in total. The van der Waals surface area contributed by atoms with Crippen molar-refractivity contribution >= 4 is 0 Å². The molecule has 10 heavy (non-hydrogen) atoms. The standard InChI is InChI=1S/C7H15NO2/c1-6-9-5-7(10-6)4-8(2)3/h6-7H,4-5H2,1-3H3/t6-,7-/m1/s1. The second-order valence-corrected chi connectivity index (χ2v) is 2.92. The van der Waals surface area contributed by atoms with Gasteiger partial charge in [-0.2, -0.15) is 0 Å². The predicted molar refractivity (Wildman–Crippen MR) is 38.8 cm³/mol. The first-order valence-electron chi connectivity index (χ1n) is 3.60. The largest absolute Gasteiger partial charge is 0.350 e. The van der Waals surface area contributed by atoms with E-state index >= 15 is 0 Å². The van der Waals surface area contributed by atoms with Crippen LogP contribution in [-0.4, -0.2) is 44.5 Å². The van der Waals surface area contributed by atoms with E-state index in [4.69, 9.17) is 9.47 Å². The maximum absolute atomic E-state index is 5.41. The van der Waals surface area contributed by atoms with E-state index in [0.717, 1.165) is 13.2 Å². The van der Waals surface area contributed by atoms with Crippen LogP contribution in [0, 0.1) is 0 Å². The Morgan fingerprint density at radius 2 is 2.20 bits per heavy atom. The molecule has 0 unspecified atom stereocenters. The molecule has 3 heteroatoms. The third-order valence-electron chi connectivity index (χ3n) is 1.47. The quantitative estimate of drug-likeness (QED) is 0.558. The maximum atomic E-state index is 5.41. The van der Waals surface area contributed by atoms with Crippen LogP contribution in [0.25, 0.3) is 0 Å². The molecule has 0 aliphatic carbocycles. The van der Waals surface area contributed by atoms with E-state index in [9.17, 15) is 0 Å². The van der Waals surface area contributed by atoms with Crippen LogP contribution < -0.4 is 0 Å². The lowest BCUT2D eigenvalue weighted by molar-refractivity contribution is -0.0450. The molecule has 0 aromatic rings. The van der Waals surface area contributed by atoms with Gasteiger partial charge in [0.2, 0.25) is 0 Å². The Balaban J connectivity index is 2.18. The van der Waals surface area contributed by atoms with Crippen LogP contribution in [0.15, 0.2) is 0 Å². The van der Waals surface area contributed by atoms with Gasteiger partial charge in [-0.3, -0.25) is 0 Å². The highest BCUT2D eigenvalue weighted by molar-refractivity contribution is 4.65. The predicted octanol–water partition coefficient (Wildman–Crippen LogP) is 0.309. The van der Waals surface area contributed by atoms with Gasteiger partial charge in [-0.25, -0.2) is 0 Å². The van der Waals surface area contributed by atoms with Gasteiger partial charge < -0.3 is 14.4 Å². The Morgan fingerprint density at radius 3 is 2.60 bits per heavy atom. The summed E-state index contributed by atoms with van der Waals surface area (Å²) >= 11 is 0. The molecular weight excluding hydrogens is 130 g/mol. The van der Waals surface area contributed by atoms with Crippen molar-refractivity contribution in [1.29, 1.82) is 0 Å². The molecule has 1 fully saturated rings. The third-order valence-corrected chi connectivity index (χ3v) is 1.47. The van der Waals surface area contributed by atoms with Crippen molar-refractivity contribution < 1.29 is 9.47 Å². The molecule has 1 saturated heterocycles. The number of hydrogen-bond acceptors (Lipinski definition) is 3. The van der Waals surface area contributed by atoms with Gasteiger partial charge in [0.15, 0.2) is 6.29 Å². The minimum Gasteiger partial charge on any atom is -0.350 e. The average molecular weight is 145 g/mol. The molecule has 0 saturated carbocycles. The maximum Gasteiger partial charge on any atom is 0.155 e. The van der Waals surface area contributed by atoms with Crippen LogP contribution in [0.5, 0.6) is 0 Å². The van der Waals surface area contributed by atoms with Gasteiger partial charge in [0.1, 0.15) is 0 Å². The van der Waals surface area contributed by atoms with Crippen molar-refractivity contribution in [1.82, 2.24) is 4.90 Å². The minimum atomic E-state index is -0.00931. The summed E-state index contributed by atoms with van der Waals surface area (Å²) < 4.78 is 10.6. The lowest BCUT2D eigenvalue weighted by atomic mass is 10.4. The molecule has 0 aromatic carbocycles. The number of rotatable bonds is 2. The highest BCUT2D eigenvalue weighted by Gasteiger charge is 2.22. The van der Waals surface area contributed by atoms with Gasteiger partial charge in [-0.1, -0.05) is 0 Å². The summed E-state index contributed by atoms with van der Waals surface area (Å²) in [6.45, 7) is 3.61. The Labute approximate surface area is 61.9 Å². The molecule has 0 spiro atoms. The van der Waals surface area contributed by atoms with E-state index in [-0.39, 0.29) is 12.4 Å². The summed E-state index contributed by atoms with van der Waals surface area (Å²) in [6, 6.07) is 0. The van der Waals surface area contributed by atoms with E-state index < -0.39 is 0 Å². The first-order valence-corrected chi connectivity index (χ1v) is 3.60. The molecule has 1 aliphatic rings. The van der Waals surface area contributed by atoms with Crippen LogP contribution >= 0.6 is 0 Å². The van der Waals surface area contributed by atoms with Gasteiger partial charge in [0.05, 0.1) is 12.7 Å². The van der Waals surface area contributed by atoms with Crippen LogP contribution in [0.2, 0.25) is 0 Å². The van der Waals surface area contributed by atoms with Crippen LogP contribution in [0.3, 0.4) is 0 Å². The Kier molecular flexibility index (Phi) is 2.65. The number of likely N-dealkylation sites (N-methyl/N-ethyl adjacent to an activating group) is 1. The van der Waals surface area contributed by atoms with Crippen LogP contribution in [0.1, 0.15) is 6.92 Å². The number of nitrogens with zero attached hydrogens (tertiary/aromatic N) is 1. The third kappa shape index (κ3) is 2.25. The van der Waals surface area contributed by atoms with Crippen LogP contribution in [-0.2, 0) is 9.47 Å². The van der Waals surface area contributed by atoms with Crippen molar-refractivity contribution in [3.05, 3.63) is 0 Å². The highest BCUT2D eigenvalue weighted by Crippen LogP contribution is 2.10. The summed E-state index contributed by atoms with van der Waals surface area (Å²) in [4.78, 5) is 2.10. The fourth-order valence-electron chi connectivity index (χ4n) is 1.10. The average Bonchev–Trinajstić information content (AvgIpc) is 2.13. The summed E-state index contributed by atoms with van der Waals surface area (Å²) in [5.74, 6) is 0. The van der Waals surface area contributed by atoms with E-state index in [2.05, 4.69) is 4.90 Å². The molecule has 1 aliphatic heterocycles. The molecular formula is C7H15NO2. The summed E-state index contributed by atoms with van der Waals surface area (Å²) in [6.07, 6.45) is 0.259. The van der Waals surface area contributed by atoms with Crippen molar-refractivity contribution in [3.8, 4) is 0 Å². The van der Waals surface area contributed by atoms with E-state index in [1.807, 2.05) is 21.0 Å². The normalized spacial score (nSPS) is 33.6. The molecule has 0 N–H and O–H groups in total. The molecule has 1 heterocycles. The molecule has 60 valence electrons. The minimum absolute atomic E-state index is 0.00931. The Morgan fingerprint density at radius 1 is 1.50 bits per heavy atom. The second-order valence-electron chi connectivity index (χ2n) is 2.92. The van der Waals surface area contributed by atoms with E-state index in [1.165, 1.54) is 0 Å². The Hall–Kier alpha value is -0.120. The van der Waals surface area contributed by atoms with Crippen molar-refractivity contribution in [2.24, 2.45) is 0 Å². The van der Waals surface area contributed by atoms with Crippen molar-refractivity contribution in [2.45, 2.75) is 19.3 Å². The monoisotopic (exact) mass is 145 g/mol. The van der Waals surface area contributed by atoms with Gasteiger partial charge >= 0.3 is 0 Å². The topological polar surface area (TPSA) is 21.7 Å². The summed E-state index contributed by atoms with van der Waals surface area (Å²) in [5, 5.41) is 0. The molecule has 1 rings (SSSR count). The van der Waals surface area contributed by atoms with Crippen molar-refractivity contribution in [2.75, 3.05) is 27.2 Å². The van der Waals surface area contributed by atoms with Gasteiger partial charge in [0, 0.05) is 6.54 Å². The zero-order valence-electron chi connectivity index (χ0n) is 6.83. The highest BCUT2D eigenvalue weighted by atomic mass is 16.7. The smallest absolute Gasteiger partial charge is 0.155 e. The molecule has 0 aromatic heterocycles. The van der Waals surface area contributed by atoms with E-state index in [0.29, 0.717) is 0 Å². The molecule has 0 amide bonds. The number of hydrogen-bond donors (Lipinski definition) is 0. The van der Waals surface area contributed by atoms with Gasteiger partial charge in [-0.15, -0.1) is 0 Å². The van der Waals surface area contributed by atoms with Gasteiger partial charge in [-0.05, 0) is 21.0 Å². The first-order chi connectivity index (χ1) is 4.68. The lowest BCUT2D eigenvalue weighted by Crippen LogP contribution is -2.27. The first kappa shape index (κ1) is 7.98. The molecule has 2 atom stereocenters.